The second kappa shape index (κ2) is 12.0. The van der Waals surface area contributed by atoms with Gasteiger partial charge in [0.15, 0.2) is 16.4 Å². The predicted molar refractivity (Wildman–Crippen MR) is 154 cm³/mol. The average molecular weight is 617 g/mol. The number of nitrogens with one attached hydrogen (secondary N) is 1. The molecule has 5 rings (SSSR count). The highest BCUT2D eigenvalue weighted by Crippen LogP contribution is 2.36. The van der Waals surface area contributed by atoms with E-state index < -0.39 is 31.3 Å². The molecule has 0 atom stereocenters. The summed E-state index contributed by atoms with van der Waals surface area (Å²) in [5.41, 5.74) is 0.870. The summed E-state index contributed by atoms with van der Waals surface area (Å²) in [6, 6.07) is 10.9. The summed E-state index contributed by atoms with van der Waals surface area (Å²) < 4.78 is 48.9. The molecule has 1 aliphatic heterocycles. The third-order valence-electron chi connectivity index (χ3n) is 6.78. The van der Waals surface area contributed by atoms with Gasteiger partial charge >= 0.3 is 0 Å². The lowest BCUT2D eigenvalue weighted by Crippen LogP contribution is -2.38. The lowest BCUT2D eigenvalue weighted by molar-refractivity contribution is -0.387. The molecule has 0 fully saturated rings. The number of likely N-dealkylation sites (N-methyl/N-ethyl adjacent to an activating group) is 1. The van der Waals surface area contributed by atoms with Gasteiger partial charge in [-0.3, -0.25) is 10.1 Å². The van der Waals surface area contributed by atoms with Crippen LogP contribution in [0.3, 0.4) is 0 Å². The van der Waals surface area contributed by atoms with Crippen LogP contribution >= 0.6 is 11.6 Å². The van der Waals surface area contributed by atoms with Gasteiger partial charge < -0.3 is 20.1 Å². The number of nitro benzene ring substituents is 1. The number of nitro groups is 1. The monoisotopic (exact) mass is 616 g/mol. The second-order valence-electron chi connectivity index (χ2n) is 9.68. The smallest absolute Gasteiger partial charge is 0.289 e. The van der Waals surface area contributed by atoms with Crippen LogP contribution in [0.2, 0.25) is 5.02 Å². The van der Waals surface area contributed by atoms with E-state index in [9.17, 15) is 28.0 Å². The Balaban J connectivity index is 1.56. The van der Waals surface area contributed by atoms with E-state index in [2.05, 4.69) is 15.3 Å². The van der Waals surface area contributed by atoms with Gasteiger partial charge in [0.05, 0.1) is 22.1 Å². The molecule has 0 aliphatic carbocycles. The van der Waals surface area contributed by atoms with Crippen molar-refractivity contribution in [2.45, 2.75) is 17.9 Å². The molecule has 0 saturated carbocycles. The van der Waals surface area contributed by atoms with Gasteiger partial charge in [0.25, 0.3) is 5.69 Å². The Morgan fingerprint density at radius 2 is 1.93 bits per heavy atom. The van der Waals surface area contributed by atoms with Crippen LogP contribution < -0.4 is 10.1 Å². The van der Waals surface area contributed by atoms with Crippen LogP contribution in [0.25, 0.3) is 10.9 Å². The number of halogens is 2. The van der Waals surface area contributed by atoms with Crippen LogP contribution in [0.1, 0.15) is 12.0 Å². The summed E-state index contributed by atoms with van der Waals surface area (Å²) in [7, 11) is -2.54. The van der Waals surface area contributed by atoms with Gasteiger partial charge in [-0.1, -0.05) is 23.7 Å². The first-order valence-electron chi connectivity index (χ1n) is 12.8. The van der Waals surface area contributed by atoms with Crippen molar-refractivity contribution in [2.75, 3.05) is 38.6 Å². The predicted octanol–water partition coefficient (Wildman–Crippen LogP) is 4.68. The molecule has 0 amide bonds. The fourth-order valence-electron chi connectivity index (χ4n) is 4.64. The van der Waals surface area contributed by atoms with Gasteiger partial charge in [-0.25, -0.2) is 22.8 Å². The number of para-hydroxylation sites is 1. The lowest BCUT2D eigenvalue weighted by atomic mass is 10.1. The highest BCUT2D eigenvalue weighted by molar-refractivity contribution is 7.89. The molecule has 1 aliphatic rings. The standard InChI is InChI=1S/C27H26ClFN6O6S/c1-33-8-9-34(42(39,40)26-6-3-2-5-23(26)35(37)38)7-4-10-41-25-12-18-22(14-24(25)36)30-16-31-27(18)32-21-13-19(28)20(29)11-17(21)15-33/h2-3,5-6,11-14,16,36H,4,7-10,15H2,1H3,(H,30,31,32). The van der Waals surface area contributed by atoms with Crippen LogP contribution in [-0.4, -0.2) is 70.9 Å². The molecular formula is C27H26ClFN6O6S. The molecular weight excluding hydrogens is 591 g/mol. The molecule has 1 aromatic heterocycles. The molecule has 0 saturated heterocycles. The zero-order chi connectivity index (χ0) is 30.0. The van der Waals surface area contributed by atoms with Gasteiger partial charge in [-0.05, 0) is 43.3 Å². The molecule has 42 heavy (non-hydrogen) atoms. The van der Waals surface area contributed by atoms with Gasteiger partial charge in [-0.15, -0.1) is 0 Å². The number of hydrogen-bond donors (Lipinski definition) is 2. The summed E-state index contributed by atoms with van der Waals surface area (Å²) in [5, 5.41) is 25.7. The average Bonchev–Trinajstić information content (AvgIpc) is 2.95. The molecule has 2 N–H and O–H groups in total. The van der Waals surface area contributed by atoms with Crippen molar-refractivity contribution < 1.29 is 27.6 Å². The quantitative estimate of drug-likeness (QED) is 0.245. The Hall–Kier alpha value is -4.11. The van der Waals surface area contributed by atoms with Crippen molar-refractivity contribution in [3.63, 3.8) is 0 Å². The molecule has 220 valence electrons. The molecule has 2 heterocycles. The number of rotatable bonds is 3. The number of nitrogens with zero attached hydrogens (tertiary/aromatic N) is 5. The van der Waals surface area contributed by atoms with Crippen molar-refractivity contribution in [3.8, 4) is 11.5 Å². The third kappa shape index (κ3) is 6.06. The highest BCUT2D eigenvalue weighted by Gasteiger charge is 2.31. The summed E-state index contributed by atoms with van der Waals surface area (Å²) in [6.07, 6.45) is 1.54. The largest absolute Gasteiger partial charge is 0.504 e. The Morgan fingerprint density at radius 1 is 1.14 bits per heavy atom. The molecule has 4 aromatic rings. The van der Waals surface area contributed by atoms with E-state index in [0.29, 0.717) is 28.0 Å². The van der Waals surface area contributed by atoms with E-state index in [1.807, 2.05) is 0 Å². The zero-order valence-corrected chi connectivity index (χ0v) is 23.9. The Labute approximate surface area is 245 Å². The molecule has 12 nitrogen and oxygen atoms in total. The van der Waals surface area contributed by atoms with Crippen LogP contribution in [-0.2, 0) is 16.6 Å². The van der Waals surface area contributed by atoms with Crippen LogP contribution in [0.15, 0.2) is 59.8 Å². The number of hydrogen-bond acceptors (Lipinski definition) is 10. The first kappa shape index (κ1) is 29.4. The fraction of sp³-hybridized carbons (Fsp3) is 0.259. The normalized spacial score (nSPS) is 15.6. The minimum absolute atomic E-state index is 0.0169. The van der Waals surface area contributed by atoms with E-state index in [1.54, 1.807) is 18.0 Å². The molecule has 0 spiro atoms. The molecule has 0 radical (unpaired) electrons. The second-order valence-corrected chi connectivity index (χ2v) is 12.0. The summed E-state index contributed by atoms with van der Waals surface area (Å²) >= 11 is 6.11. The molecule has 2 bridgehead atoms. The Kier molecular flexibility index (Phi) is 8.41. The van der Waals surface area contributed by atoms with Crippen molar-refractivity contribution in [2.24, 2.45) is 0 Å². The van der Waals surface area contributed by atoms with Gasteiger partial charge in [-0.2, -0.15) is 4.31 Å². The topological polar surface area (TPSA) is 151 Å². The van der Waals surface area contributed by atoms with Crippen LogP contribution in [0, 0.1) is 15.9 Å². The number of sulfonamides is 1. The first-order valence-corrected chi connectivity index (χ1v) is 14.6. The van der Waals surface area contributed by atoms with Crippen molar-refractivity contribution in [1.82, 2.24) is 19.2 Å². The third-order valence-corrected chi connectivity index (χ3v) is 9.01. The number of benzene rings is 3. The number of phenols is 1. The maximum absolute atomic E-state index is 14.6. The van der Waals surface area contributed by atoms with Gasteiger partial charge in [0, 0.05) is 49.4 Å². The minimum atomic E-state index is -4.28. The van der Waals surface area contributed by atoms with Crippen LogP contribution in [0.5, 0.6) is 11.5 Å². The Bertz CT molecular complexity index is 1780. The van der Waals surface area contributed by atoms with Gasteiger partial charge in [0.2, 0.25) is 10.0 Å². The van der Waals surface area contributed by atoms with Gasteiger partial charge in [0.1, 0.15) is 18.0 Å². The van der Waals surface area contributed by atoms with Crippen molar-refractivity contribution >= 4 is 49.7 Å². The number of aromatic hydroxyl groups is 1. The van der Waals surface area contributed by atoms with Crippen molar-refractivity contribution in [1.29, 1.82) is 0 Å². The fourth-order valence-corrected chi connectivity index (χ4v) is 6.43. The lowest BCUT2D eigenvalue weighted by Gasteiger charge is -2.26. The number of anilines is 2. The maximum atomic E-state index is 14.6. The van der Waals surface area contributed by atoms with Crippen LogP contribution in [0.4, 0.5) is 21.6 Å². The SMILES string of the molecule is CN1CCN(S(=O)(=O)c2ccccc2[N+](=O)[O-])CCCOc2cc3c(ncnc3cc2O)Nc2cc(Cl)c(F)cc2C1. The number of ether oxygens (including phenoxy) is 1. The number of fused-ring (bicyclic) bond motifs is 2. The van der Waals surface area contributed by atoms with Crippen molar-refractivity contribution in [3.05, 3.63) is 81.4 Å². The molecule has 15 heteroatoms. The number of phenolic OH excluding ortho intramolecular Hbond substituents is 1. The molecule has 3 aromatic carbocycles. The van der Waals surface area contributed by atoms with E-state index in [4.69, 9.17) is 16.3 Å². The maximum Gasteiger partial charge on any atom is 0.289 e. The molecule has 0 unspecified atom stereocenters. The zero-order valence-electron chi connectivity index (χ0n) is 22.3. The van der Waals surface area contributed by atoms with E-state index in [-0.39, 0.29) is 55.7 Å². The Morgan fingerprint density at radius 3 is 2.71 bits per heavy atom. The van der Waals surface area contributed by atoms with E-state index in [1.165, 1.54) is 42.7 Å². The van der Waals surface area contributed by atoms with E-state index in [0.717, 1.165) is 10.4 Å². The summed E-state index contributed by atoms with van der Waals surface area (Å²) in [5.74, 6) is -0.304. The number of aromatic nitrogens is 2. The summed E-state index contributed by atoms with van der Waals surface area (Å²) in [6.45, 7) is 0.409. The first-order chi connectivity index (χ1) is 20.0. The summed E-state index contributed by atoms with van der Waals surface area (Å²) in [4.78, 5) is 20.8. The highest BCUT2D eigenvalue weighted by atomic mass is 35.5. The van der Waals surface area contributed by atoms with E-state index >= 15 is 0 Å². The minimum Gasteiger partial charge on any atom is -0.504 e.